The van der Waals surface area contributed by atoms with Crippen LogP contribution in [0.3, 0.4) is 0 Å². The van der Waals surface area contributed by atoms with Gasteiger partial charge in [0.15, 0.2) is 0 Å². The molecule has 0 radical (unpaired) electrons. The van der Waals surface area contributed by atoms with E-state index in [0.717, 1.165) is 19.6 Å². The topological polar surface area (TPSA) is 53.0 Å². The van der Waals surface area contributed by atoms with E-state index in [2.05, 4.69) is 11.9 Å². The van der Waals surface area contributed by atoms with Crippen molar-refractivity contribution in [3.63, 3.8) is 0 Å². The largest absolute Gasteiger partial charge is 0.394 e. The zero-order valence-electron chi connectivity index (χ0n) is 10.5. The Labute approximate surface area is 102 Å². The number of likely N-dealkylation sites (tertiary alicyclic amines) is 1. The number of hydrogen-bond acceptors (Lipinski definition) is 4. The summed E-state index contributed by atoms with van der Waals surface area (Å²) in [7, 11) is 2.12. The van der Waals surface area contributed by atoms with E-state index in [-0.39, 0.29) is 25.2 Å². The Balaban J connectivity index is 1.92. The lowest BCUT2D eigenvalue weighted by molar-refractivity contribution is -0.151. The molecular weight excluding hydrogens is 220 g/mol. The van der Waals surface area contributed by atoms with Gasteiger partial charge in [0.2, 0.25) is 5.91 Å². The summed E-state index contributed by atoms with van der Waals surface area (Å²) >= 11 is 0. The second-order valence-corrected chi connectivity index (χ2v) is 5.17. The van der Waals surface area contributed by atoms with Crippen LogP contribution < -0.4 is 0 Å². The van der Waals surface area contributed by atoms with Crippen LogP contribution in [0, 0.1) is 5.92 Å². The highest BCUT2D eigenvalue weighted by atomic mass is 16.5. The van der Waals surface area contributed by atoms with Crippen LogP contribution in [0.4, 0.5) is 0 Å². The van der Waals surface area contributed by atoms with E-state index in [9.17, 15) is 9.90 Å². The minimum atomic E-state index is -0.150. The highest BCUT2D eigenvalue weighted by Gasteiger charge is 2.31. The Morgan fingerprint density at radius 1 is 1.53 bits per heavy atom. The van der Waals surface area contributed by atoms with Gasteiger partial charge in [0.1, 0.15) is 6.61 Å². The third-order valence-corrected chi connectivity index (χ3v) is 3.68. The Morgan fingerprint density at radius 2 is 2.35 bits per heavy atom. The molecule has 0 aromatic heterocycles. The average Bonchev–Trinajstić information content (AvgIpc) is 2.32. The number of ether oxygens (including phenoxy) is 1. The number of carbonyl (C=O) groups excluding carboxylic acids is 1. The summed E-state index contributed by atoms with van der Waals surface area (Å²) in [6, 6.07) is -0.150. The number of morpholine rings is 1. The number of carbonyl (C=O) groups is 1. The van der Waals surface area contributed by atoms with Crippen LogP contribution in [-0.4, -0.2) is 73.4 Å². The Bertz CT molecular complexity index is 272. The smallest absolute Gasteiger partial charge is 0.248 e. The molecule has 0 spiro atoms. The van der Waals surface area contributed by atoms with Crippen molar-refractivity contribution >= 4 is 5.91 Å². The van der Waals surface area contributed by atoms with Gasteiger partial charge >= 0.3 is 0 Å². The summed E-state index contributed by atoms with van der Waals surface area (Å²) in [6.07, 6.45) is 2.37. The maximum absolute atomic E-state index is 11.8. The minimum Gasteiger partial charge on any atom is -0.394 e. The number of amides is 1. The molecule has 2 rings (SSSR count). The van der Waals surface area contributed by atoms with E-state index < -0.39 is 0 Å². The van der Waals surface area contributed by atoms with Gasteiger partial charge in [-0.3, -0.25) is 4.79 Å². The zero-order valence-corrected chi connectivity index (χ0v) is 10.5. The van der Waals surface area contributed by atoms with Gasteiger partial charge in [-0.2, -0.15) is 0 Å². The molecule has 2 aliphatic rings. The van der Waals surface area contributed by atoms with Gasteiger partial charge < -0.3 is 19.6 Å². The number of hydrogen-bond donors (Lipinski definition) is 1. The summed E-state index contributed by atoms with van der Waals surface area (Å²) in [5, 5.41) is 9.28. The first-order valence-corrected chi connectivity index (χ1v) is 6.37. The lowest BCUT2D eigenvalue weighted by Gasteiger charge is -2.39. The molecule has 0 aromatic rings. The molecule has 5 heteroatoms. The van der Waals surface area contributed by atoms with E-state index >= 15 is 0 Å². The number of aliphatic hydroxyl groups is 1. The quantitative estimate of drug-likeness (QED) is 0.728. The third-order valence-electron chi connectivity index (χ3n) is 3.68. The first-order valence-electron chi connectivity index (χ1n) is 6.37. The molecule has 1 N–H and O–H groups in total. The molecule has 2 atom stereocenters. The fourth-order valence-corrected chi connectivity index (χ4v) is 2.76. The van der Waals surface area contributed by atoms with Crippen molar-refractivity contribution in [1.29, 1.82) is 0 Å². The maximum atomic E-state index is 11.8. The first kappa shape index (κ1) is 12.8. The molecule has 2 aliphatic heterocycles. The van der Waals surface area contributed by atoms with Crippen molar-refractivity contribution in [1.82, 2.24) is 9.80 Å². The number of aliphatic hydroxyl groups excluding tert-OH is 1. The fraction of sp³-hybridized carbons (Fsp3) is 0.917. The first-order chi connectivity index (χ1) is 8.20. The third kappa shape index (κ3) is 3.18. The number of nitrogens with zero attached hydrogens (tertiary/aromatic N) is 2. The van der Waals surface area contributed by atoms with Crippen LogP contribution in [0.5, 0.6) is 0 Å². The van der Waals surface area contributed by atoms with Crippen LogP contribution in [0.1, 0.15) is 12.8 Å². The second-order valence-electron chi connectivity index (χ2n) is 5.17. The van der Waals surface area contributed by atoms with Crippen molar-refractivity contribution in [3.8, 4) is 0 Å². The number of rotatable bonds is 3. The summed E-state index contributed by atoms with van der Waals surface area (Å²) in [5.74, 6) is 0.549. The molecule has 2 unspecified atom stereocenters. The van der Waals surface area contributed by atoms with Gasteiger partial charge in [-0.05, 0) is 32.4 Å². The highest BCUT2D eigenvalue weighted by molar-refractivity contribution is 5.78. The lowest BCUT2D eigenvalue weighted by Crippen LogP contribution is -2.54. The van der Waals surface area contributed by atoms with Gasteiger partial charge in [-0.25, -0.2) is 0 Å². The van der Waals surface area contributed by atoms with Gasteiger partial charge in [-0.15, -0.1) is 0 Å². The zero-order chi connectivity index (χ0) is 12.3. The fourth-order valence-electron chi connectivity index (χ4n) is 2.76. The van der Waals surface area contributed by atoms with Crippen molar-refractivity contribution < 1.29 is 14.6 Å². The molecule has 5 nitrogen and oxygen atoms in total. The van der Waals surface area contributed by atoms with Gasteiger partial charge in [-0.1, -0.05) is 0 Å². The molecule has 2 saturated heterocycles. The van der Waals surface area contributed by atoms with Crippen LogP contribution in [0.2, 0.25) is 0 Å². The predicted molar refractivity (Wildman–Crippen MR) is 63.6 cm³/mol. The van der Waals surface area contributed by atoms with E-state index in [0.29, 0.717) is 12.5 Å². The van der Waals surface area contributed by atoms with Gasteiger partial charge in [0.25, 0.3) is 0 Å². The summed E-state index contributed by atoms with van der Waals surface area (Å²) in [6.45, 7) is 3.58. The Hall–Kier alpha value is -0.650. The Morgan fingerprint density at radius 3 is 3.06 bits per heavy atom. The van der Waals surface area contributed by atoms with E-state index in [4.69, 9.17) is 4.74 Å². The average molecular weight is 242 g/mol. The van der Waals surface area contributed by atoms with Crippen molar-refractivity contribution in [2.24, 2.45) is 5.92 Å². The normalized spacial score (nSPS) is 31.9. The standard InChI is InChI=1S/C12H22N2O3/c1-13-4-2-3-10(5-13)6-14-11(7-15)8-17-9-12(14)16/h10-11,15H,2-9H2,1H3. The second kappa shape index (κ2) is 5.80. The summed E-state index contributed by atoms with van der Waals surface area (Å²) < 4.78 is 5.16. The molecule has 2 fully saturated rings. The van der Waals surface area contributed by atoms with E-state index in [1.54, 1.807) is 0 Å². The van der Waals surface area contributed by atoms with E-state index in [1.165, 1.54) is 12.8 Å². The molecule has 17 heavy (non-hydrogen) atoms. The molecule has 2 heterocycles. The molecular formula is C12H22N2O3. The van der Waals surface area contributed by atoms with Gasteiger partial charge in [0.05, 0.1) is 19.3 Å². The molecule has 98 valence electrons. The minimum absolute atomic E-state index is 0.00566. The molecule has 0 bridgehead atoms. The molecule has 1 amide bonds. The highest BCUT2D eigenvalue weighted by Crippen LogP contribution is 2.19. The van der Waals surface area contributed by atoms with Gasteiger partial charge in [0, 0.05) is 13.1 Å². The van der Waals surface area contributed by atoms with Crippen LogP contribution in [0.25, 0.3) is 0 Å². The Kier molecular flexibility index (Phi) is 4.36. The van der Waals surface area contributed by atoms with E-state index in [1.807, 2.05) is 4.90 Å². The summed E-state index contributed by atoms with van der Waals surface area (Å²) in [5.41, 5.74) is 0. The van der Waals surface area contributed by atoms with Crippen LogP contribution in [-0.2, 0) is 9.53 Å². The van der Waals surface area contributed by atoms with Crippen molar-refractivity contribution in [2.45, 2.75) is 18.9 Å². The van der Waals surface area contributed by atoms with Crippen LogP contribution >= 0.6 is 0 Å². The van der Waals surface area contributed by atoms with Crippen molar-refractivity contribution in [3.05, 3.63) is 0 Å². The SMILES string of the molecule is CN1CCCC(CN2C(=O)COCC2CO)C1. The summed E-state index contributed by atoms with van der Waals surface area (Å²) in [4.78, 5) is 15.9. The maximum Gasteiger partial charge on any atom is 0.248 e. The predicted octanol–water partition coefficient (Wildman–Crippen LogP) is -0.452. The molecule has 0 saturated carbocycles. The van der Waals surface area contributed by atoms with Crippen molar-refractivity contribution in [2.75, 3.05) is 46.5 Å². The molecule has 0 aromatic carbocycles. The lowest BCUT2D eigenvalue weighted by atomic mass is 9.97. The number of piperidine rings is 1. The van der Waals surface area contributed by atoms with Crippen LogP contribution in [0.15, 0.2) is 0 Å². The monoisotopic (exact) mass is 242 g/mol. The molecule has 0 aliphatic carbocycles.